The van der Waals surface area contributed by atoms with Gasteiger partial charge in [0.2, 0.25) is 5.91 Å². The Kier molecular flexibility index (Phi) is 4.90. The lowest BCUT2D eigenvalue weighted by Gasteiger charge is -2.33. The van der Waals surface area contributed by atoms with Crippen molar-refractivity contribution in [1.82, 2.24) is 25.1 Å². The summed E-state index contributed by atoms with van der Waals surface area (Å²) in [5, 5.41) is 12.5. The summed E-state index contributed by atoms with van der Waals surface area (Å²) in [6.45, 7) is 1.85. The molecule has 1 aliphatic rings. The van der Waals surface area contributed by atoms with Crippen LogP contribution in [0.5, 0.6) is 0 Å². The van der Waals surface area contributed by atoms with E-state index in [1.807, 2.05) is 42.5 Å². The van der Waals surface area contributed by atoms with Crippen molar-refractivity contribution in [3.63, 3.8) is 0 Å². The minimum Gasteiger partial charge on any atom is -0.324 e. The molecule has 2 aromatic heterocycles. The number of aromatic nitrogens is 4. The van der Waals surface area contributed by atoms with Crippen molar-refractivity contribution in [2.45, 2.75) is 19.0 Å². The third kappa shape index (κ3) is 3.65. The Hall–Kier alpha value is -3.29. The van der Waals surface area contributed by atoms with Crippen LogP contribution in [0.1, 0.15) is 22.9 Å². The average molecular weight is 419 g/mol. The van der Waals surface area contributed by atoms with E-state index in [1.54, 1.807) is 12.4 Å². The molecule has 1 aliphatic heterocycles. The number of H-pyrrole nitrogens is 1. The second-order valence-corrected chi connectivity index (χ2v) is 7.83. The van der Waals surface area contributed by atoms with Gasteiger partial charge in [-0.2, -0.15) is 5.10 Å². The standard InChI is InChI=1S/C22H19ClN6O/c23-16-6-5-15-10-29(12-21-25-13-26-28-21)11-19(18(15)7-16)22(30)27-20-9-24-8-14-3-1-2-4-17(14)20/h1-9,13,19H,10-12H2,(H,27,30)(H,25,26,28). The zero-order valence-electron chi connectivity index (χ0n) is 16.0. The molecule has 0 radical (unpaired) electrons. The number of hydrogen-bond donors (Lipinski definition) is 2. The van der Waals surface area contributed by atoms with Gasteiger partial charge in [0.1, 0.15) is 12.2 Å². The molecule has 150 valence electrons. The average Bonchev–Trinajstić information content (AvgIpc) is 3.27. The molecule has 8 heteroatoms. The first kappa shape index (κ1) is 18.7. The van der Waals surface area contributed by atoms with Crippen LogP contribution in [0.2, 0.25) is 5.02 Å². The van der Waals surface area contributed by atoms with E-state index >= 15 is 0 Å². The fourth-order valence-electron chi connectivity index (χ4n) is 4.00. The van der Waals surface area contributed by atoms with E-state index in [0.29, 0.717) is 30.3 Å². The summed E-state index contributed by atoms with van der Waals surface area (Å²) in [5.74, 6) is 0.318. The van der Waals surface area contributed by atoms with Gasteiger partial charge in [0, 0.05) is 35.1 Å². The third-order valence-corrected chi connectivity index (χ3v) is 5.63. The van der Waals surface area contributed by atoms with Crippen LogP contribution in [-0.2, 0) is 17.9 Å². The van der Waals surface area contributed by atoms with E-state index in [-0.39, 0.29) is 11.8 Å². The molecule has 1 atom stereocenters. The van der Waals surface area contributed by atoms with Crippen LogP contribution in [0.25, 0.3) is 10.8 Å². The summed E-state index contributed by atoms with van der Waals surface area (Å²) in [4.78, 5) is 24.1. The van der Waals surface area contributed by atoms with Crippen LogP contribution in [0.3, 0.4) is 0 Å². The topological polar surface area (TPSA) is 86.8 Å². The van der Waals surface area contributed by atoms with Crippen molar-refractivity contribution in [2.75, 3.05) is 11.9 Å². The highest BCUT2D eigenvalue weighted by molar-refractivity contribution is 6.30. The molecule has 2 aromatic carbocycles. The molecule has 1 amide bonds. The maximum absolute atomic E-state index is 13.4. The summed E-state index contributed by atoms with van der Waals surface area (Å²) in [6.07, 6.45) is 4.97. The lowest BCUT2D eigenvalue weighted by atomic mass is 9.89. The molecule has 0 fully saturated rings. The van der Waals surface area contributed by atoms with Crippen molar-refractivity contribution >= 4 is 34.0 Å². The van der Waals surface area contributed by atoms with Gasteiger partial charge >= 0.3 is 0 Å². The summed E-state index contributed by atoms with van der Waals surface area (Å²) >= 11 is 6.26. The third-order valence-electron chi connectivity index (χ3n) is 5.40. The van der Waals surface area contributed by atoms with Crippen LogP contribution >= 0.6 is 11.6 Å². The SMILES string of the molecule is O=C(Nc1cncc2ccccc12)C1CN(Cc2ncn[nH]2)Cc2ccc(Cl)cc21. The van der Waals surface area contributed by atoms with Crippen LogP contribution in [-0.4, -0.2) is 37.5 Å². The van der Waals surface area contributed by atoms with Crippen molar-refractivity contribution in [1.29, 1.82) is 0 Å². The van der Waals surface area contributed by atoms with Gasteiger partial charge in [0.25, 0.3) is 0 Å². The van der Waals surface area contributed by atoms with E-state index in [4.69, 9.17) is 11.6 Å². The van der Waals surface area contributed by atoms with E-state index in [0.717, 1.165) is 27.7 Å². The molecule has 2 N–H and O–H groups in total. The number of nitrogens with zero attached hydrogens (tertiary/aromatic N) is 4. The molecule has 0 aliphatic carbocycles. The molecule has 0 bridgehead atoms. The van der Waals surface area contributed by atoms with Crippen LogP contribution in [0.4, 0.5) is 5.69 Å². The second kappa shape index (κ2) is 7.85. The molecule has 5 rings (SSSR count). The Morgan fingerprint density at radius 2 is 2.13 bits per heavy atom. The maximum Gasteiger partial charge on any atom is 0.233 e. The molecule has 7 nitrogen and oxygen atoms in total. The van der Waals surface area contributed by atoms with Gasteiger partial charge in [-0.3, -0.25) is 19.8 Å². The number of aromatic amines is 1. The van der Waals surface area contributed by atoms with Crippen molar-refractivity contribution in [3.8, 4) is 0 Å². The van der Waals surface area contributed by atoms with E-state index in [2.05, 4.69) is 30.4 Å². The number of nitrogens with one attached hydrogen (secondary N) is 2. The smallest absolute Gasteiger partial charge is 0.233 e. The summed E-state index contributed by atoms with van der Waals surface area (Å²) in [5.41, 5.74) is 2.75. The predicted molar refractivity (Wildman–Crippen MR) is 115 cm³/mol. The van der Waals surface area contributed by atoms with Gasteiger partial charge in [-0.25, -0.2) is 4.98 Å². The minimum atomic E-state index is -0.366. The first-order valence-corrected chi connectivity index (χ1v) is 10.0. The summed E-state index contributed by atoms with van der Waals surface area (Å²) < 4.78 is 0. The van der Waals surface area contributed by atoms with Crippen molar-refractivity contribution in [3.05, 3.63) is 83.2 Å². The number of pyridine rings is 1. The highest BCUT2D eigenvalue weighted by atomic mass is 35.5. The molecule has 1 unspecified atom stereocenters. The zero-order valence-corrected chi connectivity index (χ0v) is 16.8. The van der Waals surface area contributed by atoms with Crippen LogP contribution < -0.4 is 5.32 Å². The number of carbonyl (C=O) groups excluding carboxylic acids is 1. The second-order valence-electron chi connectivity index (χ2n) is 7.39. The quantitative estimate of drug-likeness (QED) is 0.527. The number of anilines is 1. The Morgan fingerprint density at radius 1 is 1.23 bits per heavy atom. The predicted octanol–water partition coefficient (Wildman–Crippen LogP) is 3.74. The number of fused-ring (bicyclic) bond motifs is 2. The van der Waals surface area contributed by atoms with Gasteiger partial charge in [-0.05, 0) is 23.3 Å². The number of halogens is 1. The van der Waals surface area contributed by atoms with E-state index in [9.17, 15) is 4.79 Å². The Balaban J connectivity index is 1.46. The van der Waals surface area contributed by atoms with Crippen molar-refractivity contribution in [2.24, 2.45) is 0 Å². The van der Waals surface area contributed by atoms with Gasteiger partial charge in [0.05, 0.1) is 24.3 Å². The molecule has 30 heavy (non-hydrogen) atoms. The Labute approximate surface area is 178 Å². The van der Waals surface area contributed by atoms with Gasteiger partial charge in [-0.15, -0.1) is 0 Å². The Bertz CT molecular complexity index is 1200. The van der Waals surface area contributed by atoms with Gasteiger partial charge in [0.15, 0.2) is 0 Å². The van der Waals surface area contributed by atoms with E-state index < -0.39 is 0 Å². The number of carbonyl (C=O) groups is 1. The molecule has 4 aromatic rings. The lowest BCUT2D eigenvalue weighted by molar-refractivity contribution is -0.118. The number of benzene rings is 2. The first-order valence-electron chi connectivity index (χ1n) is 9.66. The minimum absolute atomic E-state index is 0.0843. The van der Waals surface area contributed by atoms with Gasteiger partial charge < -0.3 is 5.32 Å². The molecule has 3 heterocycles. The maximum atomic E-state index is 13.4. The van der Waals surface area contributed by atoms with Gasteiger partial charge in [-0.1, -0.05) is 41.9 Å². The highest BCUT2D eigenvalue weighted by Gasteiger charge is 2.31. The molecule has 0 saturated heterocycles. The lowest BCUT2D eigenvalue weighted by Crippen LogP contribution is -2.38. The molecule has 0 spiro atoms. The normalized spacial score (nSPS) is 16.4. The fraction of sp³-hybridized carbons (Fsp3) is 0.182. The highest BCUT2D eigenvalue weighted by Crippen LogP contribution is 2.33. The fourth-order valence-corrected chi connectivity index (χ4v) is 4.18. The largest absolute Gasteiger partial charge is 0.324 e. The first-order chi connectivity index (χ1) is 14.7. The van der Waals surface area contributed by atoms with Crippen LogP contribution in [0, 0.1) is 0 Å². The molecule has 0 saturated carbocycles. The molecular weight excluding hydrogens is 400 g/mol. The van der Waals surface area contributed by atoms with Crippen molar-refractivity contribution < 1.29 is 4.79 Å². The number of hydrogen-bond acceptors (Lipinski definition) is 5. The molecular formula is C22H19ClN6O. The number of amides is 1. The monoisotopic (exact) mass is 418 g/mol. The number of rotatable bonds is 4. The summed E-state index contributed by atoms with van der Waals surface area (Å²) in [7, 11) is 0. The summed E-state index contributed by atoms with van der Waals surface area (Å²) in [6, 6.07) is 13.6. The zero-order chi connectivity index (χ0) is 20.5. The van der Waals surface area contributed by atoms with Crippen LogP contribution in [0.15, 0.2) is 61.2 Å². The Morgan fingerprint density at radius 3 is 3.00 bits per heavy atom. The van der Waals surface area contributed by atoms with E-state index in [1.165, 1.54) is 6.33 Å².